The number of methoxy groups -OCH3 is 1. The van der Waals surface area contributed by atoms with Gasteiger partial charge in [0.1, 0.15) is 5.75 Å². The molecule has 0 aromatic heterocycles. The van der Waals surface area contributed by atoms with E-state index in [9.17, 15) is 14.7 Å². The van der Waals surface area contributed by atoms with E-state index in [0.29, 0.717) is 24.4 Å². The van der Waals surface area contributed by atoms with Crippen LogP contribution >= 0.6 is 0 Å². The molecule has 6 heteroatoms. The molecule has 1 atom stereocenters. The molecule has 4 rings (SSSR count). The van der Waals surface area contributed by atoms with Gasteiger partial charge in [-0.25, -0.2) is 0 Å². The topological polar surface area (TPSA) is 78.9 Å². The molecule has 152 valence electrons. The fourth-order valence-corrected chi connectivity index (χ4v) is 4.96. The average Bonchev–Trinajstić information content (AvgIpc) is 3.19. The number of carbonyl (C=O) groups excluding carboxylic acids is 2. The normalized spacial score (nSPS) is 20.0. The highest BCUT2D eigenvalue weighted by molar-refractivity contribution is 6.05. The van der Waals surface area contributed by atoms with Gasteiger partial charge in [-0.15, -0.1) is 0 Å². The van der Waals surface area contributed by atoms with Crippen molar-refractivity contribution in [3.8, 4) is 5.75 Å². The Labute approximate surface area is 170 Å². The van der Waals surface area contributed by atoms with Gasteiger partial charge in [-0.2, -0.15) is 0 Å². The van der Waals surface area contributed by atoms with Crippen molar-refractivity contribution in [1.29, 1.82) is 0 Å². The van der Waals surface area contributed by atoms with Gasteiger partial charge in [-0.3, -0.25) is 9.59 Å². The first-order valence-electron chi connectivity index (χ1n) is 10.1. The van der Waals surface area contributed by atoms with Gasteiger partial charge in [0, 0.05) is 19.2 Å². The molecular weight excluding hydrogens is 368 g/mol. The monoisotopic (exact) mass is 394 g/mol. The number of rotatable bonds is 5. The largest absolute Gasteiger partial charge is 0.506 e. The SMILES string of the molecule is COCCN1C(=O)c2ccccc2[C@@H](C(=O)Nc2ccccc2O)C12CCCC2. The molecule has 1 spiro atoms. The molecule has 1 heterocycles. The maximum absolute atomic E-state index is 13.6. The first-order chi connectivity index (χ1) is 14.1. The number of phenols is 1. The number of nitrogens with zero attached hydrogens (tertiary/aromatic N) is 1. The Bertz CT molecular complexity index is 921. The molecule has 2 aromatic rings. The van der Waals surface area contributed by atoms with Crippen molar-refractivity contribution in [3.63, 3.8) is 0 Å². The summed E-state index contributed by atoms with van der Waals surface area (Å²) in [6.45, 7) is 0.869. The Balaban J connectivity index is 1.80. The number of hydrogen-bond donors (Lipinski definition) is 2. The van der Waals surface area contributed by atoms with Crippen LogP contribution in [0.4, 0.5) is 5.69 Å². The van der Waals surface area contributed by atoms with Crippen LogP contribution in [-0.2, 0) is 9.53 Å². The Morgan fingerprint density at radius 2 is 1.86 bits per heavy atom. The van der Waals surface area contributed by atoms with E-state index < -0.39 is 11.5 Å². The number of ether oxygens (including phenoxy) is 1. The number of anilines is 1. The van der Waals surface area contributed by atoms with E-state index in [4.69, 9.17) is 4.74 Å². The summed E-state index contributed by atoms with van der Waals surface area (Å²) in [5.74, 6) is -0.713. The summed E-state index contributed by atoms with van der Waals surface area (Å²) < 4.78 is 5.26. The third-order valence-electron chi connectivity index (χ3n) is 6.23. The lowest BCUT2D eigenvalue weighted by atomic mass is 9.71. The van der Waals surface area contributed by atoms with Crippen LogP contribution in [0.1, 0.15) is 47.5 Å². The highest BCUT2D eigenvalue weighted by Gasteiger charge is 2.55. The van der Waals surface area contributed by atoms with Gasteiger partial charge in [0.05, 0.1) is 23.8 Å². The molecule has 1 saturated carbocycles. The molecule has 0 radical (unpaired) electrons. The molecule has 29 heavy (non-hydrogen) atoms. The molecule has 2 aromatic carbocycles. The Kier molecular flexibility index (Phi) is 5.28. The fraction of sp³-hybridized carbons (Fsp3) is 0.391. The number of phenolic OH excluding ortho intramolecular Hbond substituents is 1. The Hall–Kier alpha value is -2.86. The molecule has 1 fully saturated rings. The number of aromatic hydroxyl groups is 1. The summed E-state index contributed by atoms with van der Waals surface area (Å²) in [6.07, 6.45) is 3.49. The molecule has 2 N–H and O–H groups in total. The van der Waals surface area contributed by atoms with Crippen molar-refractivity contribution in [3.05, 3.63) is 59.7 Å². The summed E-state index contributed by atoms with van der Waals surface area (Å²) in [7, 11) is 1.62. The van der Waals surface area contributed by atoms with Crippen LogP contribution in [0.15, 0.2) is 48.5 Å². The third kappa shape index (κ3) is 3.27. The summed E-state index contributed by atoms with van der Waals surface area (Å²) in [5, 5.41) is 13.0. The van der Waals surface area contributed by atoms with Gasteiger partial charge in [-0.05, 0) is 36.6 Å². The molecular formula is C23H26N2O4. The lowest BCUT2D eigenvalue weighted by Gasteiger charge is -2.50. The molecule has 2 amide bonds. The van der Waals surface area contributed by atoms with Crippen LogP contribution in [-0.4, -0.2) is 47.6 Å². The lowest BCUT2D eigenvalue weighted by molar-refractivity contribution is -0.121. The van der Waals surface area contributed by atoms with E-state index in [-0.39, 0.29) is 17.6 Å². The van der Waals surface area contributed by atoms with Crippen LogP contribution in [0.5, 0.6) is 5.75 Å². The van der Waals surface area contributed by atoms with Crippen LogP contribution in [0, 0.1) is 0 Å². The molecule has 0 unspecified atom stereocenters. The number of para-hydroxylation sites is 2. The number of amides is 2. The highest BCUT2D eigenvalue weighted by Crippen LogP contribution is 2.50. The smallest absolute Gasteiger partial charge is 0.254 e. The second kappa shape index (κ2) is 7.87. The summed E-state index contributed by atoms with van der Waals surface area (Å²) >= 11 is 0. The van der Waals surface area contributed by atoms with E-state index in [1.807, 2.05) is 23.1 Å². The minimum absolute atomic E-state index is 0.0257. The number of nitrogens with one attached hydrogen (secondary N) is 1. The second-order valence-electron chi connectivity index (χ2n) is 7.79. The first-order valence-corrected chi connectivity index (χ1v) is 10.1. The molecule has 1 aliphatic heterocycles. The lowest BCUT2D eigenvalue weighted by Crippen LogP contribution is -2.60. The van der Waals surface area contributed by atoms with E-state index in [1.165, 1.54) is 0 Å². The van der Waals surface area contributed by atoms with E-state index in [2.05, 4.69) is 5.32 Å². The first kappa shape index (κ1) is 19.5. The standard InChI is InChI=1S/C23H26N2O4/c1-29-15-14-25-22(28)17-9-3-2-8-16(17)20(23(25)12-6-7-13-23)21(27)24-18-10-4-5-11-19(18)26/h2-5,8-11,20,26H,6-7,12-15H2,1H3,(H,24,27)/t20-/m0/s1. The van der Waals surface area contributed by atoms with E-state index in [1.54, 1.807) is 37.4 Å². The van der Waals surface area contributed by atoms with Gasteiger partial charge < -0.3 is 20.1 Å². The number of carbonyl (C=O) groups is 2. The average molecular weight is 394 g/mol. The zero-order chi connectivity index (χ0) is 20.4. The van der Waals surface area contributed by atoms with Crippen LogP contribution < -0.4 is 5.32 Å². The van der Waals surface area contributed by atoms with Gasteiger partial charge in [0.2, 0.25) is 5.91 Å². The van der Waals surface area contributed by atoms with Crippen LogP contribution in [0.3, 0.4) is 0 Å². The predicted molar refractivity (Wildman–Crippen MR) is 110 cm³/mol. The van der Waals surface area contributed by atoms with Crippen molar-refractivity contribution in [2.75, 3.05) is 25.6 Å². The van der Waals surface area contributed by atoms with Crippen molar-refractivity contribution in [2.24, 2.45) is 0 Å². The third-order valence-corrected chi connectivity index (χ3v) is 6.23. The second-order valence-corrected chi connectivity index (χ2v) is 7.79. The van der Waals surface area contributed by atoms with Crippen molar-refractivity contribution >= 4 is 17.5 Å². The number of benzene rings is 2. The van der Waals surface area contributed by atoms with E-state index in [0.717, 1.165) is 31.2 Å². The fourth-order valence-electron chi connectivity index (χ4n) is 4.96. The minimum Gasteiger partial charge on any atom is -0.506 e. The summed E-state index contributed by atoms with van der Waals surface area (Å²) in [6, 6.07) is 14.1. The van der Waals surface area contributed by atoms with Crippen LogP contribution in [0.2, 0.25) is 0 Å². The highest BCUT2D eigenvalue weighted by atomic mass is 16.5. The molecule has 0 bridgehead atoms. The van der Waals surface area contributed by atoms with Gasteiger partial charge in [0.15, 0.2) is 0 Å². The molecule has 6 nitrogen and oxygen atoms in total. The maximum Gasteiger partial charge on any atom is 0.254 e. The zero-order valence-electron chi connectivity index (χ0n) is 16.6. The Morgan fingerprint density at radius 3 is 2.59 bits per heavy atom. The summed E-state index contributed by atoms with van der Waals surface area (Å²) in [4.78, 5) is 28.8. The van der Waals surface area contributed by atoms with Crippen molar-refractivity contribution in [2.45, 2.75) is 37.1 Å². The van der Waals surface area contributed by atoms with Gasteiger partial charge >= 0.3 is 0 Å². The minimum atomic E-state index is -0.571. The van der Waals surface area contributed by atoms with Gasteiger partial charge in [-0.1, -0.05) is 43.2 Å². The quantitative estimate of drug-likeness (QED) is 0.761. The molecule has 0 saturated heterocycles. The number of fused-ring (bicyclic) bond motifs is 1. The zero-order valence-corrected chi connectivity index (χ0v) is 16.6. The summed E-state index contributed by atoms with van der Waals surface area (Å²) in [5.41, 5.74) is 1.14. The number of hydrogen-bond acceptors (Lipinski definition) is 4. The molecule has 2 aliphatic rings. The van der Waals surface area contributed by atoms with E-state index >= 15 is 0 Å². The molecule has 1 aliphatic carbocycles. The maximum atomic E-state index is 13.6. The van der Waals surface area contributed by atoms with Crippen LogP contribution in [0.25, 0.3) is 0 Å². The Morgan fingerprint density at radius 1 is 1.17 bits per heavy atom. The predicted octanol–water partition coefficient (Wildman–Crippen LogP) is 3.53. The van der Waals surface area contributed by atoms with Crippen molar-refractivity contribution < 1.29 is 19.4 Å². The van der Waals surface area contributed by atoms with Gasteiger partial charge in [0.25, 0.3) is 5.91 Å². The van der Waals surface area contributed by atoms with Crippen molar-refractivity contribution in [1.82, 2.24) is 4.90 Å².